The van der Waals surface area contributed by atoms with Crippen LogP contribution in [-0.4, -0.2) is 46.4 Å². The molecule has 0 saturated heterocycles. The lowest BCUT2D eigenvalue weighted by Crippen LogP contribution is -2.31. The van der Waals surface area contributed by atoms with Gasteiger partial charge in [0, 0.05) is 12.1 Å². The number of nitrogens with zero attached hydrogens (tertiary/aromatic N) is 5. The minimum atomic E-state index is -4.70. The average Bonchev–Trinajstić information content (AvgIpc) is 3.05. The summed E-state index contributed by atoms with van der Waals surface area (Å²) in [6, 6.07) is 7.51. The van der Waals surface area contributed by atoms with Gasteiger partial charge in [0.1, 0.15) is 11.6 Å². The van der Waals surface area contributed by atoms with Crippen LogP contribution in [-0.2, 0) is 11.0 Å². The third-order valence-electron chi connectivity index (χ3n) is 3.71. The fourth-order valence-corrected chi connectivity index (χ4v) is 2.60. The first-order valence-corrected chi connectivity index (χ1v) is 8.21. The number of amides is 1. The summed E-state index contributed by atoms with van der Waals surface area (Å²) in [4.78, 5) is 13.7. The molecule has 0 bridgehead atoms. The number of nitrogens with one attached hydrogen (secondary N) is 1. The first-order chi connectivity index (χ1) is 13.2. The van der Waals surface area contributed by atoms with E-state index in [0.29, 0.717) is 21.0 Å². The topological polar surface area (TPSA) is 84.6 Å². The van der Waals surface area contributed by atoms with Crippen molar-refractivity contribution < 1.29 is 22.7 Å². The highest BCUT2D eigenvalue weighted by molar-refractivity contribution is 6.31. The van der Waals surface area contributed by atoms with E-state index in [2.05, 4.69) is 20.6 Å². The molecule has 2 heterocycles. The lowest BCUT2D eigenvalue weighted by atomic mass is 10.3. The Kier molecular flexibility index (Phi) is 5.27. The van der Waals surface area contributed by atoms with Gasteiger partial charge in [0.25, 0.3) is 5.82 Å². The second-order valence-electron chi connectivity index (χ2n) is 5.73. The van der Waals surface area contributed by atoms with E-state index in [9.17, 15) is 18.0 Å². The molecule has 0 aliphatic rings. The smallest absolute Gasteiger partial charge is 0.453 e. The van der Waals surface area contributed by atoms with Crippen LogP contribution in [0.1, 0.15) is 5.82 Å². The summed E-state index contributed by atoms with van der Waals surface area (Å²) >= 11 is 5.92. The zero-order valence-corrected chi connectivity index (χ0v) is 15.4. The number of anilines is 2. The molecule has 28 heavy (non-hydrogen) atoms. The number of carbonyl (C=O) groups excluding carboxylic acids is 1. The van der Waals surface area contributed by atoms with E-state index in [-0.39, 0.29) is 18.0 Å². The predicted octanol–water partition coefficient (Wildman–Crippen LogP) is 2.88. The van der Waals surface area contributed by atoms with Gasteiger partial charge in [-0.05, 0) is 30.3 Å². The molecule has 0 unspecified atom stereocenters. The second-order valence-corrected chi connectivity index (χ2v) is 6.17. The number of hydrogen-bond donors (Lipinski definition) is 1. The Bertz CT molecular complexity index is 1020. The molecule has 148 valence electrons. The average molecular weight is 415 g/mol. The number of aromatic nitrogens is 4. The van der Waals surface area contributed by atoms with Crippen LogP contribution in [0, 0.1) is 0 Å². The number of hydrogen-bond acceptors (Lipinski definition) is 6. The molecule has 1 N–H and O–H groups in total. The van der Waals surface area contributed by atoms with Gasteiger partial charge in [-0.3, -0.25) is 4.79 Å². The van der Waals surface area contributed by atoms with Crippen molar-refractivity contribution in [3.8, 4) is 5.75 Å². The molecule has 1 amide bonds. The number of methoxy groups -OCH3 is 1. The van der Waals surface area contributed by atoms with Crippen molar-refractivity contribution >= 4 is 34.7 Å². The van der Waals surface area contributed by atoms with Crippen LogP contribution in [0.25, 0.3) is 5.65 Å². The fourth-order valence-electron chi connectivity index (χ4n) is 2.42. The third-order valence-corrected chi connectivity index (χ3v) is 3.94. The van der Waals surface area contributed by atoms with Gasteiger partial charge < -0.3 is 15.0 Å². The molecule has 0 atom stereocenters. The molecule has 3 rings (SSSR count). The summed E-state index contributed by atoms with van der Waals surface area (Å²) in [6.07, 6.45) is -4.70. The highest BCUT2D eigenvalue weighted by atomic mass is 35.5. The van der Waals surface area contributed by atoms with Crippen molar-refractivity contribution in [1.82, 2.24) is 19.8 Å². The number of fused-ring (bicyclic) bond motifs is 1. The molecule has 8 nitrogen and oxygen atoms in total. The van der Waals surface area contributed by atoms with Gasteiger partial charge in [0.15, 0.2) is 5.65 Å². The van der Waals surface area contributed by atoms with Gasteiger partial charge in [0.2, 0.25) is 5.91 Å². The minimum Gasteiger partial charge on any atom is -0.495 e. The van der Waals surface area contributed by atoms with Crippen LogP contribution in [0.3, 0.4) is 0 Å². The van der Waals surface area contributed by atoms with Gasteiger partial charge in [-0.1, -0.05) is 11.6 Å². The van der Waals surface area contributed by atoms with Gasteiger partial charge in [0.05, 0.1) is 19.3 Å². The quantitative estimate of drug-likeness (QED) is 0.691. The standard InChI is InChI=1S/C16H14ClF3N6O2/c1-25(8-14(27)21-10-7-9(17)3-4-11(10)28-2)13-6-5-12-22-23-15(16(18,19)20)26(12)24-13/h3-7H,8H2,1-2H3,(H,21,27). The van der Waals surface area contributed by atoms with Crippen molar-refractivity contribution in [1.29, 1.82) is 0 Å². The van der Waals surface area contributed by atoms with Crippen molar-refractivity contribution in [3.05, 3.63) is 41.2 Å². The highest BCUT2D eigenvalue weighted by Crippen LogP contribution is 2.29. The van der Waals surface area contributed by atoms with Gasteiger partial charge >= 0.3 is 6.18 Å². The van der Waals surface area contributed by atoms with E-state index in [1.54, 1.807) is 12.1 Å². The summed E-state index contributed by atoms with van der Waals surface area (Å²) in [5.74, 6) is -1.14. The van der Waals surface area contributed by atoms with Crippen LogP contribution in [0.5, 0.6) is 5.75 Å². The van der Waals surface area contributed by atoms with Crippen molar-refractivity contribution in [3.63, 3.8) is 0 Å². The SMILES string of the molecule is COc1ccc(Cl)cc1NC(=O)CN(C)c1ccc2nnc(C(F)(F)F)n2n1. The molecule has 0 aliphatic carbocycles. The molecule has 2 aromatic heterocycles. The molecule has 12 heteroatoms. The Hall–Kier alpha value is -3.08. The molecular formula is C16H14ClF3N6O2. The van der Waals surface area contributed by atoms with Crippen LogP contribution < -0.4 is 15.0 Å². The highest BCUT2D eigenvalue weighted by Gasteiger charge is 2.37. The van der Waals surface area contributed by atoms with Crippen molar-refractivity contribution in [2.75, 3.05) is 30.9 Å². The van der Waals surface area contributed by atoms with Crippen LogP contribution in [0.15, 0.2) is 30.3 Å². The first kappa shape index (κ1) is 19.7. The molecule has 3 aromatic rings. The number of ether oxygens (including phenoxy) is 1. The Balaban J connectivity index is 1.78. The van der Waals surface area contributed by atoms with E-state index >= 15 is 0 Å². The zero-order valence-electron chi connectivity index (χ0n) is 14.7. The fraction of sp³-hybridized carbons (Fsp3) is 0.250. The van der Waals surface area contributed by atoms with E-state index in [1.807, 2.05) is 0 Å². The maximum absolute atomic E-state index is 13.0. The van der Waals surface area contributed by atoms with E-state index < -0.39 is 17.9 Å². The van der Waals surface area contributed by atoms with Gasteiger partial charge in [-0.25, -0.2) is 0 Å². The molecule has 0 radical (unpaired) electrons. The summed E-state index contributed by atoms with van der Waals surface area (Å²) < 4.78 is 44.7. The monoisotopic (exact) mass is 414 g/mol. The lowest BCUT2D eigenvalue weighted by Gasteiger charge is -2.18. The Morgan fingerprint density at radius 1 is 1.29 bits per heavy atom. The number of alkyl halides is 3. The number of likely N-dealkylation sites (N-methyl/N-ethyl adjacent to an activating group) is 1. The lowest BCUT2D eigenvalue weighted by molar-refractivity contribution is -0.146. The summed E-state index contributed by atoms with van der Waals surface area (Å²) in [5, 5.41) is 13.5. The maximum Gasteiger partial charge on any atom is 0.453 e. The van der Waals surface area contributed by atoms with Crippen LogP contribution in [0.4, 0.5) is 24.7 Å². The Labute approximate surface area is 161 Å². The summed E-state index contributed by atoms with van der Waals surface area (Å²) in [5.41, 5.74) is 0.313. The van der Waals surface area contributed by atoms with Crippen molar-refractivity contribution in [2.45, 2.75) is 6.18 Å². The number of halogens is 4. The second kappa shape index (κ2) is 7.50. The Morgan fingerprint density at radius 2 is 2.04 bits per heavy atom. The minimum absolute atomic E-state index is 0.0578. The summed E-state index contributed by atoms with van der Waals surface area (Å²) in [6.45, 7) is -0.183. The zero-order chi connectivity index (χ0) is 20.5. The Morgan fingerprint density at radius 3 is 2.71 bits per heavy atom. The first-order valence-electron chi connectivity index (χ1n) is 7.83. The molecule has 0 aliphatic heterocycles. The maximum atomic E-state index is 13.0. The van der Waals surface area contributed by atoms with E-state index in [4.69, 9.17) is 16.3 Å². The molecular weight excluding hydrogens is 401 g/mol. The third kappa shape index (κ3) is 4.09. The molecule has 0 saturated carbocycles. The molecule has 0 spiro atoms. The predicted molar refractivity (Wildman–Crippen MR) is 95.7 cm³/mol. The molecule has 1 aromatic carbocycles. The summed E-state index contributed by atoms with van der Waals surface area (Å²) in [7, 11) is 2.96. The normalized spacial score (nSPS) is 11.5. The van der Waals surface area contributed by atoms with E-state index in [0.717, 1.165) is 0 Å². The number of carbonyl (C=O) groups is 1. The largest absolute Gasteiger partial charge is 0.495 e. The van der Waals surface area contributed by atoms with Crippen LogP contribution in [0.2, 0.25) is 5.02 Å². The van der Waals surface area contributed by atoms with Crippen LogP contribution >= 0.6 is 11.6 Å². The van der Waals surface area contributed by atoms with Gasteiger partial charge in [-0.2, -0.15) is 17.7 Å². The number of benzene rings is 1. The van der Waals surface area contributed by atoms with Gasteiger partial charge in [-0.15, -0.1) is 15.3 Å². The molecule has 0 fully saturated rings. The van der Waals surface area contributed by atoms with E-state index in [1.165, 1.54) is 37.3 Å². The van der Waals surface area contributed by atoms with Crippen molar-refractivity contribution in [2.24, 2.45) is 0 Å². The number of rotatable bonds is 5.